The fourth-order valence-electron chi connectivity index (χ4n) is 8.02. The maximum absolute atomic E-state index is 14.1. The molecular weight excluding hydrogens is 769 g/mol. The Morgan fingerprint density at radius 1 is 0.957 bits per heavy atom. The minimum atomic E-state index is -0.460. The van der Waals surface area contributed by atoms with Gasteiger partial charge in [-0.3, -0.25) is 24.1 Å². The minimum Gasteiger partial charge on any atom is -0.483 e. The van der Waals surface area contributed by atoms with Gasteiger partial charge in [-0.25, -0.2) is 0 Å². The van der Waals surface area contributed by atoms with Gasteiger partial charge in [0, 0.05) is 36.8 Å². The van der Waals surface area contributed by atoms with Crippen molar-refractivity contribution in [1.82, 2.24) is 4.98 Å². The number of rotatable bonds is 6. The molecule has 240 valence electrons. The van der Waals surface area contributed by atoms with Crippen molar-refractivity contribution in [3.8, 4) is 5.75 Å². The normalized spacial score (nSPS) is 27.1. The summed E-state index contributed by atoms with van der Waals surface area (Å²) in [4.78, 5) is 58.7. The van der Waals surface area contributed by atoms with Crippen molar-refractivity contribution in [3.05, 3.63) is 100 Å². The molecule has 3 amide bonds. The van der Waals surface area contributed by atoms with E-state index in [1.54, 1.807) is 54.2 Å². The zero-order chi connectivity index (χ0) is 32.7. The Hall–Kier alpha value is -2.80. The summed E-state index contributed by atoms with van der Waals surface area (Å²) in [6.07, 6.45) is 0.738. The van der Waals surface area contributed by atoms with E-state index in [0.717, 1.165) is 37.7 Å². The number of nitrogens with zero attached hydrogens (tertiary/aromatic N) is 1. The first-order valence-electron chi connectivity index (χ1n) is 14.8. The van der Waals surface area contributed by atoms with Crippen LogP contribution in [0, 0.1) is 29.6 Å². The van der Waals surface area contributed by atoms with Crippen LogP contribution in [-0.2, 0) is 14.4 Å². The van der Waals surface area contributed by atoms with Gasteiger partial charge in [0.05, 0.1) is 32.6 Å². The van der Waals surface area contributed by atoms with Gasteiger partial charge in [-0.2, -0.15) is 0 Å². The van der Waals surface area contributed by atoms with Crippen LogP contribution in [0.1, 0.15) is 22.8 Å². The first kappa shape index (κ1) is 31.5. The first-order chi connectivity index (χ1) is 22.6. The molecule has 4 aliphatic rings. The summed E-state index contributed by atoms with van der Waals surface area (Å²) in [5.41, 5.74) is 1.78. The van der Waals surface area contributed by atoms with Crippen LogP contribution in [-0.4, -0.2) is 34.6 Å². The molecule has 7 atom stereocenters. The number of anilines is 2. The molecule has 2 N–H and O–H groups in total. The van der Waals surface area contributed by atoms with Gasteiger partial charge < -0.3 is 15.0 Å². The number of hydrogen-bond acceptors (Lipinski definition) is 7. The molecule has 0 radical (unpaired) electrons. The average Bonchev–Trinajstić information content (AvgIpc) is 3.78. The summed E-state index contributed by atoms with van der Waals surface area (Å²) in [6.45, 7) is -0.299. The number of fused-ring (bicyclic) bond motifs is 9. The SMILES string of the molecule is O=C(COc1ccc(Cl)cc1[C@H]1c2sc(=O)[nH]c2SC2C1[C@H]1C[C@@H]2C2C(=O)N(c3ccc(Br)cc3)C(=O)C21)Nc1ccc(Cl)c(Cl)c1. The summed E-state index contributed by atoms with van der Waals surface area (Å²) in [7, 11) is 0. The monoisotopic (exact) mass is 789 g/mol. The zero-order valence-electron chi connectivity index (χ0n) is 24.0. The van der Waals surface area contributed by atoms with Crippen LogP contribution in [0.2, 0.25) is 15.1 Å². The van der Waals surface area contributed by atoms with Crippen molar-refractivity contribution in [2.75, 3.05) is 16.8 Å². The second-order valence-corrected chi connectivity index (χ2v) is 16.5. The number of amides is 3. The van der Waals surface area contributed by atoms with Gasteiger partial charge in [0.25, 0.3) is 5.91 Å². The van der Waals surface area contributed by atoms with Crippen molar-refractivity contribution in [2.24, 2.45) is 29.6 Å². The lowest BCUT2D eigenvalue weighted by molar-refractivity contribution is -0.123. The summed E-state index contributed by atoms with van der Waals surface area (Å²) in [5, 5.41) is 4.67. The molecule has 8 nitrogen and oxygen atoms in total. The van der Waals surface area contributed by atoms with Crippen LogP contribution in [0.25, 0.3) is 0 Å². The highest BCUT2D eigenvalue weighted by Gasteiger charge is 2.69. The third-order valence-electron chi connectivity index (χ3n) is 9.68. The minimum absolute atomic E-state index is 0.0181. The van der Waals surface area contributed by atoms with E-state index in [4.69, 9.17) is 39.5 Å². The molecule has 4 unspecified atom stereocenters. The Bertz CT molecular complexity index is 2040. The van der Waals surface area contributed by atoms with Crippen LogP contribution in [0.4, 0.5) is 11.4 Å². The number of H-pyrrole nitrogens is 1. The van der Waals surface area contributed by atoms with Crippen molar-refractivity contribution < 1.29 is 19.1 Å². The number of halogens is 4. The highest BCUT2D eigenvalue weighted by Crippen LogP contribution is 2.69. The Morgan fingerprint density at radius 2 is 1.70 bits per heavy atom. The van der Waals surface area contributed by atoms with Gasteiger partial charge in [0.1, 0.15) is 5.75 Å². The summed E-state index contributed by atoms with van der Waals surface area (Å²) >= 11 is 24.9. The first-order valence-corrected chi connectivity index (χ1v) is 18.4. The fraction of sp³-hybridized carbons (Fsp3) is 0.273. The molecule has 8 rings (SSSR count). The number of thioether (sulfide) groups is 1. The number of ether oxygens (including phenoxy) is 1. The van der Waals surface area contributed by atoms with Crippen molar-refractivity contribution in [1.29, 1.82) is 0 Å². The van der Waals surface area contributed by atoms with Crippen LogP contribution < -0.4 is 19.8 Å². The van der Waals surface area contributed by atoms with E-state index in [9.17, 15) is 19.2 Å². The Kier molecular flexibility index (Phi) is 8.01. The van der Waals surface area contributed by atoms with Gasteiger partial charge in [0.15, 0.2) is 6.61 Å². The maximum atomic E-state index is 14.1. The van der Waals surface area contributed by atoms with Crippen LogP contribution >= 0.6 is 73.8 Å². The molecule has 1 aromatic heterocycles. The fourth-order valence-corrected chi connectivity index (χ4v) is 11.6. The molecule has 4 aromatic rings. The van der Waals surface area contributed by atoms with Gasteiger partial charge >= 0.3 is 4.87 Å². The molecular formula is C33H23BrCl3N3O5S2. The molecule has 3 fully saturated rings. The van der Waals surface area contributed by atoms with Crippen LogP contribution in [0.5, 0.6) is 5.75 Å². The summed E-state index contributed by atoms with van der Waals surface area (Å²) < 4.78 is 7.00. The molecule has 14 heteroatoms. The van der Waals surface area contributed by atoms with Gasteiger partial charge in [0.2, 0.25) is 11.8 Å². The topological polar surface area (TPSA) is 109 Å². The lowest BCUT2D eigenvalue weighted by Gasteiger charge is -2.43. The largest absolute Gasteiger partial charge is 0.483 e. The van der Waals surface area contributed by atoms with E-state index in [0.29, 0.717) is 32.2 Å². The van der Waals surface area contributed by atoms with Gasteiger partial charge in [-0.15, -0.1) is 11.8 Å². The van der Waals surface area contributed by atoms with E-state index in [-0.39, 0.29) is 52.2 Å². The number of thiazole rings is 1. The quantitative estimate of drug-likeness (QED) is 0.193. The predicted octanol–water partition coefficient (Wildman–Crippen LogP) is 7.85. The summed E-state index contributed by atoms with van der Waals surface area (Å²) in [5.74, 6) is -1.72. The number of carbonyl (C=O) groups excluding carboxylic acids is 3. The third-order valence-corrected chi connectivity index (χ3v) is 13.8. The number of aromatic nitrogens is 1. The van der Waals surface area contributed by atoms with Crippen LogP contribution in [0.3, 0.4) is 0 Å². The standard InChI is InChI=1S/C33H23BrCl3N3O5S2/c34-13-1-5-16(6-2-13)40-31(42)26-18-11-19(27(26)32(40)43)28-25(18)24(29-30(46-28)39-33(44)47-29)17-9-14(35)3-8-22(17)45-12-23(41)38-15-4-7-20(36)21(37)10-15/h1-10,18-19,24-28H,11-12H2,(H,38,41)(H,39,44)/t18-,19-,24-,25?,26?,27?,28?/m1/s1. The van der Waals surface area contributed by atoms with Gasteiger partial charge in [-0.05, 0) is 84.8 Å². The number of carbonyl (C=O) groups is 3. The van der Waals surface area contributed by atoms with E-state index < -0.39 is 17.7 Å². The van der Waals surface area contributed by atoms with Crippen molar-refractivity contribution in [2.45, 2.75) is 22.6 Å². The van der Waals surface area contributed by atoms with E-state index >= 15 is 0 Å². The van der Waals surface area contributed by atoms with E-state index in [1.807, 2.05) is 18.2 Å². The van der Waals surface area contributed by atoms with Gasteiger partial charge in [-0.1, -0.05) is 62.1 Å². The third kappa shape index (κ3) is 5.25. The maximum Gasteiger partial charge on any atom is 0.305 e. The number of benzene rings is 3. The summed E-state index contributed by atoms with van der Waals surface area (Å²) in [6, 6.07) is 17.2. The number of hydrogen-bond donors (Lipinski definition) is 2. The Balaban J connectivity index is 1.13. The molecule has 2 bridgehead atoms. The highest BCUT2D eigenvalue weighted by molar-refractivity contribution is 9.10. The molecule has 3 aromatic carbocycles. The van der Waals surface area contributed by atoms with E-state index in [2.05, 4.69) is 26.2 Å². The zero-order valence-corrected chi connectivity index (χ0v) is 29.5. The lowest BCUT2D eigenvalue weighted by Crippen LogP contribution is -2.42. The second-order valence-electron chi connectivity index (χ2n) is 12.1. The van der Waals surface area contributed by atoms with Crippen molar-refractivity contribution >= 4 is 103 Å². The number of imide groups is 1. The highest BCUT2D eigenvalue weighted by atomic mass is 79.9. The van der Waals surface area contributed by atoms with Crippen molar-refractivity contribution in [3.63, 3.8) is 0 Å². The molecule has 0 spiro atoms. The van der Waals surface area contributed by atoms with E-state index in [1.165, 1.54) is 4.90 Å². The molecule has 2 aliphatic heterocycles. The predicted molar refractivity (Wildman–Crippen MR) is 187 cm³/mol. The Labute approximate surface area is 300 Å². The lowest BCUT2D eigenvalue weighted by atomic mass is 9.68. The number of nitrogens with one attached hydrogen (secondary N) is 2. The average molecular weight is 792 g/mol. The Morgan fingerprint density at radius 3 is 2.45 bits per heavy atom. The van der Waals surface area contributed by atoms with Crippen LogP contribution in [0.15, 0.2) is 75.0 Å². The molecule has 2 aliphatic carbocycles. The second kappa shape index (κ2) is 12.0. The molecule has 47 heavy (non-hydrogen) atoms. The smallest absolute Gasteiger partial charge is 0.305 e. The molecule has 2 saturated carbocycles. The number of aromatic amines is 1. The molecule has 3 heterocycles. The molecule has 1 saturated heterocycles.